The van der Waals surface area contributed by atoms with Crippen molar-refractivity contribution in [3.05, 3.63) is 99.5 Å². The number of nitrogens with zero attached hydrogens (tertiary/aromatic N) is 5. The summed E-state index contributed by atoms with van der Waals surface area (Å²) in [4.78, 5) is 23.3. The van der Waals surface area contributed by atoms with Crippen molar-refractivity contribution < 1.29 is 4.74 Å². The van der Waals surface area contributed by atoms with E-state index in [-0.39, 0.29) is 0 Å². The van der Waals surface area contributed by atoms with Crippen LogP contribution in [0, 0.1) is 0 Å². The molecule has 0 saturated carbocycles. The second-order valence-electron chi connectivity index (χ2n) is 8.21. The molecule has 7 nitrogen and oxygen atoms in total. The van der Waals surface area contributed by atoms with Crippen LogP contribution >= 0.6 is 34.5 Å². The zero-order valence-electron chi connectivity index (χ0n) is 19.6. The van der Waals surface area contributed by atoms with E-state index < -0.39 is 0 Å². The first-order valence-corrected chi connectivity index (χ1v) is 13.1. The quantitative estimate of drug-likeness (QED) is 0.218. The van der Waals surface area contributed by atoms with E-state index >= 15 is 0 Å². The molecule has 0 saturated heterocycles. The van der Waals surface area contributed by atoms with Gasteiger partial charge in [0.05, 0.1) is 21.9 Å². The van der Waals surface area contributed by atoms with Gasteiger partial charge in [0.25, 0.3) is 0 Å². The van der Waals surface area contributed by atoms with Crippen molar-refractivity contribution in [1.29, 1.82) is 0 Å². The zero-order valence-corrected chi connectivity index (χ0v) is 22.0. The Kier molecular flexibility index (Phi) is 7.89. The maximum Gasteiger partial charge on any atom is 0.180 e. The number of benzene rings is 2. The number of nitrogen functional groups attached to an aromatic ring is 1. The highest BCUT2D eigenvalue weighted by molar-refractivity contribution is 7.15. The number of nitrogens with two attached hydrogens (primary N) is 1. The number of hydrogen-bond acceptors (Lipinski definition) is 8. The lowest BCUT2D eigenvalue weighted by Gasteiger charge is -2.13. The van der Waals surface area contributed by atoms with E-state index in [0.717, 1.165) is 29.0 Å². The highest BCUT2D eigenvalue weighted by Gasteiger charge is 2.17. The van der Waals surface area contributed by atoms with Gasteiger partial charge in [0.2, 0.25) is 0 Å². The summed E-state index contributed by atoms with van der Waals surface area (Å²) in [5.74, 6) is 1.04. The van der Waals surface area contributed by atoms with Gasteiger partial charge in [-0.3, -0.25) is 4.98 Å². The van der Waals surface area contributed by atoms with Gasteiger partial charge in [0.15, 0.2) is 11.0 Å². The van der Waals surface area contributed by atoms with Crippen molar-refractivity contribution in [1.82, 2.24) is 24.9 Å². The van der Waals surface area contributed by atoms with E-state index in [9.17, 15) is 0 Å². The molecule has 0 spiro atoms. The molecule has 186 valence electrons. The molecule has 3 heterocycles. The van der Waals surface area contributed by atoms with Gasteiger partial charge in [0.1, 0.15) is 18.1 Å². The SMILES string of the molecule is Nc1ncc(CCCc2cc(-c3c(Cl)cc(OCc4ccccc4)cc3Cl)nc(-c3cnccn3)n2)s1. The lowest BCUT2D eigenvalue weighted by molar-refractivity contribution is 0.306. The molecule has 0 radical (unpaired) electrons. The maximum absolute atomic E-state index is 6.72. The lowest BCUT2D eigenvalue weighted by Crippen LogP contribution is -2.01. The van der Waals surface area contributed by atoms with E-state index in [2.05, 4.69) is 15.0 Å². The number of aromatic nitrogens is 5. The molecule has 37 heavy (non-hydrogen) atoms. The first kappa shape index (κ1) is 25.1. The standard InChI is InChI=1S/C27H22Cl2N6OS/c28-21-12-19(36-16-17-5-2-1-3-6-17)13-22(29)25(21)23-11-18(7-4-8-20-14-33-27(30)37-20)34-26(35-23)24-15-31-9-10-32-24/h1-3,5-6,9-15H,4,7-8,16H2,(H2,30,33). The van der Waals surface area contributed by atoms with Crippen LogP contribution in [0.1, 0.15) is 22.6 Å². The smallest absolute Gasteiger partial charge is 0.180 e. The Morgan fingerprint density at radius 1 is 0.865 bits per heavy atom. The molecule has 0 aliphatic rings. The van der Waals surface area contributed by atoms with Crippen LogP contribution in [-0.4, -0.2) is 24.9 Å². The molecule has 2 N–H and O–H groups in total. The largest absolute Gasteiger partial charge is 0.489 e. The summed E-state index contributed by atoms with van der Waals surface area (Å²) in [7, 11) is 0. The summed E-state index contributed by atoms with van der Waals surface area (Å²) in [6, 6.07) is 15.3. The molecule has 5 aromatic rings. The topological polar surface area (TPSA) is 99.7 Å². The minimum Gasteiger partial charge on any atom is -0.489 e. The van der Waals surface area contributed by atoms with Gasteiger partial charge in [-0.05, 0) is 43.0 Å². The van der Waals surface area contributed by atoms with E-state index in [1.807, 2.05) is 42.6 Å². The number of halogens is 2. The summed E-state index contributed by atoms with van der Waals surface area (Å²) < 4.78 is 5.93. The van der Waals surface area contributed by atoms with Crippen molar-refractivity contribution in [3.63, 3.8) is 0 Å². The highest BCUT2D eigenvalue weighted by Crippen LogP contribution is 2.38. The third kappa shape index (κ3) is 6.40. The molecule has 0 bridgehead atoms. The molecular formula is C27H22Cl2N6OS. The lowest BCUT2D eigenvalue weighted by atomic mass is 10.1. The average molecular weight is 549 g/mol. The fraction of sp³-hybridized carbons (Fsp3) is 0.148. The summed E-state index contributed by atoms with van der Waals surface area (Å²) in [5, 5.41) is 1.45. The number of rotatable bonds is 9. The van der Waals surface area contributed by atoms with Crippen LogP contribution in [0.4, 0.5) is 5.13 Å². The first-order valence-electron chi connectivity index (χ1n) is 11.6. The Labute approximate surface area is 228 Å². The second-order valence-corrected chi connectivity index (χ2v) is 10.2. The normalized spacial score (nSPS) is 11.0. The Bertz CT molecular complexity index is 1470. The van der Waals surface area contributed by atoms with Crippen LogP contribution in [0.3, 0.4) is 0 Å². The van der Waals surface area contributed by atoms with Crippen molar-refractivity contribution in [2.75, 3.05) is 5.73 Å². The first-order chi connectivity index (χ1) is 18.0. The van der Waals surface area contributed by atoms with E-state index in [0.29, 0.717) is 56.7 Å². The van der Waals surface area contributed by atoms with Gasteiger partial charge >= 0.3 is 0 Å². The molecule has 0 aliphatic heterocycles. The number of anilines is 1. The molecule has 0 unspecified atom stereocenters. The molecule has 0 aliphatic carbocycles. The Morgan fingerprint density at radius 2 is 1.68 bits per heavy atom. The summed E-state index contributed by atoms with van der Waals surface area (Å²) >= 11 is 14.9. The van der Waals surface area contributed by atoms with Crippen molar-refractivity contribution in [2.45, 2.75) is 25.9 Å². The maximum atomic E-state index is 6.72. The Balaban J connectivity index is 1.43. The molecule has 2 aromatic carbocycles. The predicted octanol–water partition coefficient (Wildman–Crippen LogP) is 6.70. The number of thiazole rings is 1. The molecule has 10 heteroatoms. The number of hydrogen-bond donors (Lipinski definition) is 1. The molecule has 5 rings (SSSR count). The summed E-state index contributed by atoms with van der Waals surface area (Å²) in [6.07, 6.45) is 9.10. The zero-order chi connectivity index (χ0) is 25.6. The third-order valence-corrected chi connectivity index (χ3v) is 7.00. The van der Waals surface area contributed by atoms with Crippen LogP contribution in [0.2, 0.25) is 10.0 Å². The van der Waals surface area contributed by atoms with Gasteiger partial charge in [-0.25, -0.2) is 19.9 Å². The minimum atomic E-state index is 0.409. The average Bonchev–Trinajstić information content (AvgIpc) is 3.33. The fourth-order valence-corrected chi connectivity index (χ4v) is 5.17. The van der Waals surface area contributed by atoms with Crippen LogP contribution in [0.15, 0.2) is 73.3 Å². The van der Waals surface area contributed by atoms with E-state index in [4.69, 9.17) is 43.6 Å². The van der Waals surface area contributed by atoms with Crippen LogP contribution in [0.5, 0.6) is 5.75 Å². The minimum absolute atomic E-state index is 0.409. The third-order valence-electron chi connectivity index (χ3n) is 5.52. The van der Waals surface area contributed by atoms with Gasteiger partial charge in [-0.15, -0.1) is 11.3 Å². The monoisotopic (exact) mass is 548 g/mol. The second kappa shape index (κ2) is 11.6. The molecular weight excluding hydrogens is 527 g/mol. The van der Waals surface area contributed by atoms with Gasteiger partial charge in [-0.2, -0.15) is 0 Å². The molecule has 0 amide bonds. The van der Waals surface area contributed by atoms with E-state index in [1.54, 1.807) is 30.7 Å². The number of ether oxygens (including phenoxy) is 1. The highest BCUT2D eigenvalue weighted by atomic mass is 35.5. The fourth-order valence-electron chi connectivity index (χ4n) is 3.78. The molecule has 3 aromatic heterocycles. The Hall–Kier alpha value is -3.59. The summed E-state index contributed by atoms with van der Waals surface area (Å²) in [6.45, 7) is 0.409. The predicted molar refractivity (Wildman–Crippen MR) is 148 cm³/mol. The number of aryl methyl sites for hydroxylation is 2. The molecule has 0 fully saturated rings. The van der Waals surface area contributed by atoms with Crippen molar-refractivity contribution in [3.8, 4) is 28.5 Å². The van der Waals surface area contributed by atoms with Crippen molar-refractivity contribution >= 4 is 39.7 Å². The van der Waals surface area contributed by atoms with Crippen LogP contribution < -0.4 is 10.5 Å². The van der Waals surface area contributed by atoms with Gasteiger partial charge in [-0.1, -0.05) is 53.5 Å². The van der Waals surface area contributed by atoms with E-state index in [1.165, 1.54) is 11.3 Å². The summed E-state index contributed by atoms with van der Waals surface area (Å²) in [5.41, 5.74) is 9.44. The van der Waals surface area contributed by atoms with Crippen LogP contribution in [-0.2, 0) is 19.4 Å². The van der Waals surface area contributed by atoms with Gasteiger partial charge < -0.3 is 10.5 Å². The van der Waals surface area contributed by atoms with Crippen LogP contribution in [0.25, 0.3) is 22.8 Å². The van der Waals surface area contributed by atoms with Gasteiger partial charge in [0, 0.05) is 34.7 Å². The van der Waals surface area contributed by atoms with Crippen molar-refractivity contribution in [2.24, 2.45) is 0 Å². The Morgan fingerprint density at radius 3 is 2.38 bits per heavy atom. The molecule has 0 atom stereocenters.